The number of aryl methyl sites for hydroxylation is 1. The molecule has 0 bridgehead atoms. The molecule has 0 aromatic carbocycles. The third-order valence-electron chi connectivity index (χ3n) is 7.13. The molecule has 6 rings (SSSR count). The van der Waals surface area contributed by atoms with Gasteiger partial charge in [-0.2, -0.15) is 5.26 Å². The van der Waals surface area contributed by atoms with Crippen molar-refractivity contribution >= 4 is 33.9 Å². The maximum absolute atomic E-state index is 9.91. The van der Waals surface area contributed by atoms with E-state index in [4.69, 9.17) is 20.0 Å². The summed E-state index contributed by atoms with van der Waals surface area (Å²) in [5.41, 5.74) is 10.1. The number of aromatic nitrogens is 3. The molecule has 3 aromatic rings. The van der Waals surface area contributed by atoms with E-state index >= 15 is 0 Å². The van der Waals surface area contributed by atoms with Crippen LogP contribution in [0.4, 0.5) is 10.8 Å². The van der Waals surface area contributed by atoms with Crippen molar-refractivity contribution in [3.8, 4) is 23.2 Å². The van der Waals surface area contributed by atoms with Crippen LogP contribution >= 0.6 is 23.1 Å². The summed E-state index contributed by atoms with van der Waals surface area (Å²) >= 11 is 3.06. The first kappa shape index (κ1) is 20.8. The molecule has 1 spiro atoms. The summed E-state index contributed by atoms with van der Waals surface area (Å²) in [6.07, 6.45) is 7.69. The molecule has 33 heavy (non-hydrogen) atoms. The Labute approximate surface area is 200 Å². The van der Waals surface area contributed by atoms with E-state index in [1.165, 1.54) is 16.6 Å². The number of anilines is 2. The van der Waals surface area contributed by atoms with Crippen molar-refractivity contribution in [2.24, 2.45) is 0 Å². The van der Waals surface area contributed by atoms with Gasteiger partial charge in [0.05, 0.1) is 17.5 Å². The lowest BCUT2D eigenvalue weighted by Gasteiger charge is -2.39. The first-order valence-electron chi connectivity index (χ1n) is 11.2. The number of rotatable bonds is 2. The van der Waals surface area contributed by atoms with Crippen molar-refractivity contribution in [1.29, 1.82) is 5.26 Å². The Bertz CT molecular complexity index is 1310. The van der Waals surface area contributed by atoms with Crippen LogP contribution < -0.4 is 15.4 Å². The summed E-state index contributed by atoms with van der Waals surface area (Å²) in [5.74, 6) is 2.33. The molecule has 0 amide bonds. The van der Waals surface area contributed by atoms with Crippen LogP contribution in [0.15, 0.2) is 9.68 Å². The summed E-state index contributed by atoms with van der Waals surface area (Å²) in [7, 11) is 2.02. The number of thiophene rings is 1. The molecule has 3 aliphatic rings. The number of nitriles is 1. The smallest absolute Gasteiger partial charge is 0.190 e. The predicted molar refractivity (Wildman–Crippen MR) is 128 cm³/mol. The minimum Gasteiger partial charge on any atom is -0.486 e. The fourth-order valence-electron chi connectivity index (χ4n) is 5.68. The van der Waals surface area contributed by atoms with Gasteiger partial charge in [-0.1, -0.05) is 16.9 Å². The van der Waals surface area contributed by atoms with E-state index < -0.39 is 0 Å². The van der Waals surface area contributed by atoms with Crippen molar-refractivity contribution in [2.75, 3.05) is 37.1 Å². The van der Waals surface area contributed by atoms with Crippen molar-refractivity contribution < 1.29 is 9.26 Å². The van der Waals surface area contributed by atoms with Gasteiger partial charge in [-0.3, -0.25) is 0 Å². The second-order valence-corrected chi connectivity index (χ2v) is 10.8. The van der Waals surface area contributed by atoms with Gasteiger partial charge in [0, 0.05) is 17.5 Å². The van der Waals surface area contributed by atoms with E-state index in [2.05, 4.69) is 21.1 Å². The van der Waals surface area contributed by atoms with Crippen LogP contribution in [0.25, 0.3) is 11.4 Å². The molecule has 1 aliphatic heterocycles. The topological polar surface area (TPSA) is 114 Å². The van der Waals surface area contributed by atoms with Crippen LogP contribution in [-0.4, -0.2) is 41.6 Å². The third kappa shape index (κ3) is 2.91. The number of hydrogen-bond acceptors (Lipinski definition) is 10. The van der Waals surface area contributed by atoms with Gasteiger partial charge in [0.15, 0.2) is 22.5 Å². The molecule has 0 saturated carbocycles. The van der Waals surface area contributed by atoms with Crippen molar-refractivity contribution in [1.82, 2.24) is 15.1 Å². The minimum atomic E-state index is -0.349. The molecule has 0 radical (unpaired) electrons. The van der Waals surface area contributed by atoms with Gasteiger partial charge in [-0.15, -0.1) is 11.3 Å². The largest absolute Gasteiger partial charge is 0.486 e. The molecule has 0 unspecified atom stereocenters. The normalized spacial score (nSPS) is 21.2. The van der Waals surface area contributed by atoms with Gasteiger partial charge in [-0.25, -0.2) is 9.97 Å². The molecule has 0 fully saturated rings. The van der Waals surface area contributed by atoms with E-state index in [0.717, 1.165) is 73.5 Å². The van der Waals surface area contributed by atoms with E-state index in [9.17, 15) is 5.26 Å². The van der Waals surface area contributed by atoms with Crippen molar-refractivity contribution in [2.45, 2.75) is 49.1 Å². The molecule has 1 atom stereocenters. The van der Waals surface area contributed by atoms with Gasteiger partial charge in [-0.05, 0) is 50.3 Å². The number of hydrogen-bond donors (Lipinski definition) is 1. The fourth-order valence-corrected chi connectivity index (χ4v) is 7.20. The lowest BCUT2D eigenvalue weighted by molar-refractivity contribution is 0.265. The Hall–Kier alpha value is -2.77. The van der Waals surface area contributed by atoms with E-state index in [1.54, 1.807) is 11.3 Å². The van der Waals surface area contributed by atoms with Gasteiger partial charge >= 0.3 is 0 Å². The van der Waals surface area contributed by atoms with Gasteiger partial charge in [0.25, 0.3) is 0 Å². The highest BCUT2D eigenvalue weighted by Gasteiger charge is 2.49. The first-order chi connectivity index (χ1) is 16.1. The Morgan fingerprint density at radius 2 is 2.03 bits per heavy atom. The number of fused-ring (bicyclic) bond motifs is 5. The summed E-state index contributed by atoms with van der Waals surface area (Å²) in [6, 6.07) is 2.38. The third-order valence-corrected chi connectivity index (χ3v) is 8.75. The number of nitrogen functional groups attached to an aromatic ring is 1. The average molecular weight is 481 g/mol. The second-order valence-electron chi connectivity index (χ2n) is 8.86. The fraction of sp³-hybridized carbons (Fsp3) is 0.478. The molecular weight excluding hydrogens is 456 g/mol. The standard InChI is InChI=1S/C23H24N6O2S2/c1-29-9-10-30-18-17(26-22(32-2)27-21(18)29)16-12-5-3-7-23(19(12)31-28-16)8-4-6-14-15(23)13(11-24)20(25)33-14/h3-10,25H2,1-2H3/t23-/m0/s1. The Morgan fingerprint density at radius 1 is 1.21 bits per heavy atom. The molecule has 170 valence electrons. The summed E-state index contributed by atoms with van der Waals surface area (Å²) in [6.45, 7) is 1.35. The highest BCUT2D eigenvalue weighted by atomic mass is 32.2. The quantitative estimate of drug-likeness (QED) is 0.426. The Balaban J connectivity index is 1.57. The van der Waals surface area contributed by atoms with E-state index in [-0.39, 0.29) is 5.41 Å². The minimum absolute atomic E-state index is 0.349. The van der Waals surface area contributed by atoms with E-state index in [1.807, 2.05) is 13.3 Å². The number of nitrogens with zero attached hydrogens (tertiary/aromatic N) is 5. The Kier molecular flexibility index (Phi) is 4.82. The van der Waals surface area contributed by atoms with Crippen molar-refractivity contribution in [3.05, 3.63) is 27.3 Å². The lowest BCUT2D eigenvalue weighted by Crippen LogP contribution is -2.35. The van der Waals surface area contributed by atoms with Crippen molar-refractivity contribution in [3.63, 3.8) is 0 Å². The van der Waals surface area contributed by atoms with E-state index in [0.29, 0.717) is 33.8 Å². The number of likely N-dealkylation sites (N-methyl/N-ethyl adjacent to an activating group) is 1. The maximum Gasteiger partial charge on any atom is 0.190 e. The van der Waals surface area contributed by atoms with Crippen LogP contribution in [0.3, 0.4) is 0 Å². The molecule has 8 nitrogen and oxygen atoms in total. The molecule has 10 heteroatoms. The summed E-state index contributed by atoms with van der Waals surface area (Å²) in [5, 5.41) is 15.8. The average Bonchev–Trinajstić information content (AvgIpc) is 3.41. The van der Waals surface area contributed by atoms with Crippen LogP contribution in [0.5, 0.6) is 5.75 Å². The zero-order chi connectivity index (χ0) is 22.7. The molecule has 2 N–H and O–H groups in total. The highest BCUT2D eigenvalue weighted by molar-refractivity contribution is 7.98. The molecule has 2 aliphatic carbocycles. The number of nitrogens with two attached hydrogens (primary N) is 1. The SMILES string of the molecule is CSc1nc(-c2noc3c2CCC[C@@]32CCCc3sc(N)c(C#N)c32)c2c(n1)N(C)CCO2. The second kappa shape index (κ2) is 7.64. The molecule has 3 aromatic heterocycles. The van der Waals surface area contributed by atoms with Crippen LogP contribution in [-0.2, 0) is 18.3 Å². The van der Waals surface area contributed by atoms with Crippen LogP contribution in [0, 0.1) is 11.3 Å². The Morgan fingerprint density at radius 3 is 2.82 bits per heavy atom. The maximum atomic E-state index is 9.91. The highest BCUT2D eigenvalue weighted by Crippen LogP contribution is 2.55. The summed E-state index contributed by atoms with van der Waals surface area (Å²) < 4.78 is 12.2. The monoisotopic (exact) mass is 480 g/mol. The van der Waals surface area contributed by atoms with Crippen LogP contribution in [0.1, 0.15) is 53.0 Å². The van der Waals surface area contributed by atoms with Gasteiger partial charge < -0.3 is 19.9 Å². The zero-order valence-electron chi connectivity index (χ0n) is 18.6. The molecular formula is C23H24N6O2S2. The number of ether oxygens (including phenoxy) is 1. The molecule has 0 saturated heterocycles. The zero-order valence-corrected chi connectivity index (χ0v) is 20.2. The van der Waals surface area contributed by atoms with Gasteiger partial charge in [0.1, 0.15) is 29.1 Å². The predicted octanol–water partition coefficient (Wildman–Crippen LogP) is 4.16. The van der Waals surface area contributed by atoms with Crippen LogP contribution in [0.2, 0.25) is 0 Å². The number of thioether (sulfide) groups is 1. The summed E-state index contributed by atoms with van der Waals surface area (Å²) in [4.78, 5) is 12.8. The first-order valence-corrected chi connectivity index (χ1v) is 13.2. The molecule has 4 heterocycles. The van der Waals surface area contributed by atoms with Gasteiger partial charge in [0.2, 0.25) is 0 Å². The lowest BCUT2D eigenvalue weighted by atomic mass is 9.63.